The van der Waals surface area contributed by atoms with Gasteiger partial charge in [0.15, 0.2) is 0 Å². The number of likely N-dealkylation sites (N-methyl/N-ethyl adjacent to an activating group) is 1. The summed E-state index contributed by atoms with van der Waals surface area (Å²) in [6.07, 6.45) is 16.7. The van der Waals surface area contributed by atoms with Gasteiger partial charge in [-0.15, -0.1) is 0 Å². The number of hydrogen-bond acceptors (Lipinski definition) is 11. The number of rotatable bonds is 12. The van der Waals surface area contributed by atoms with E-state index in [9.17, 15) is 19.8 Å². The fraction of sp³-hybridized carbons (Fsp3) is 0.818. The molecule has 4 aliphatic rings. The molecule has 3 heterocycles. The molecule has 1 aliphatic carbocycles. The largest absolute Gasteiger partial charge is 0.457 e. The zero-order chi connectivity index (χ0) is 40.7. The minimum atomic E-state index is -1.41. The fourth-order valence-electron chi connectivity index (χ4n) is 8.46. The van der Waals surface area contributed by atoms with Crippen LogP contribution in [0.15, 0.2) is 36.0 Å². The van der Waals surface area contributed by atoms with Crippen molar-refractivity contribution in [1.29, 1.82) is 0 Å². The van der Waals surface area contributed by atoms with Crippen molar-refractivity contribution in [3.63, 3.8) is 0 Å². The Bertz CT molecular complexity index is 1230. The summed E-state index contributed by atoms with van der Waals surface area (Å²) < 4.78 is 28.6. The molecule has 316 valence electrons. The van der Waals surface area contributed by atoms with E-state index in [1.54, 1.807) is 33.3 Å². The molecule has 11 atom stereocenters. The van der Waals surface area contributed by atoms with Crippen LogP contribution in [0.5, 0.6) is 0 Å². The van der Waals surface area contributed by atoms with Gasteiger partial charge in [0.2, 0.25) is 0 Å². The van der Waals surface area contributed by atoms with Gasteiger partial charge in [-0.05, 0) is 64.6 Å². The predicted molar refractivity (Wildman–Crippen MR) is 217 cm³/mol. The van der Waals surface area contributed by atoms with Crippen LogP contribution in [0, 0.1) is 17.8 Å². The molecule has 0 spiro atoms. The number of carbonyl (C=O) groups excluding carboxylic acids is 2. The lowest BCUT2D eigenvalue weighted by atomic mass is 9.88. The lowest BCUT2D eigenvalue weighted by molar-refractivity contribution is -0.157. The number of hydrogen-bond donors (Lipinski definition) is 2. The highest BCUT2D eigenvalue weighted by atomic mass is 16.6. The second-order valence-electron chi connectivity index (χ2n) is 16.9. The molecule has 1 saturated carbocycles. The molecule has 11 heteroatoms. The number of methoxy groups -OCH3 is 2. The van der Waals surface area contributed by atoms with E-state index in [0.29, 0.717) is 0 Å². The molecule has 11 unspecified atom stereocenters. The third-order valence-electron chi connectivity index (χ3n) is 12.2. The summed E-state index contributed by atoms with van der Waals surface area (Å²) in [6, 6.07) is 0.922. The summed E-state index contributed by atoms with van der Waals surface area (Å²) in [5.74, 6) is -1.01. The molecule has 0 bridgehead atoms. The predicted octanol–water partition coefficient (Wildman–Crippen LogP) is 6.26. The van der Waals surface area contributed by atoms with Crippen LogP contribution in [0.25, 0.3) is 0 Å². The van der Waals surface area contributed by atoms with Gasteiger partial charge in [0.1, 0.15) is 23.9 Å². The van der Waals surface area contributed by atoms with Crippen molar-refractivity contribution in [2.75, 3.05) is 47.4 Å². The number of esters is 2. The van der Waals surface area contributed by atoms with Crippen LogP contribution in [-0.2, 0) is 33.3 Å². The van der Waals surface area contributed by atoms with Gasteiger partial charge in [0.05, 0.1) is 30.8 Å². The number of nitrogens with zero attached hydrogens (tertiary/aromatic N) is 2. The van der Waals surface area contributed by atoms with E-state index < -0.39 is 35.9 Å². The topological polar surface area (TPSA) is 131 Å². The number of carbonyl (C=O) groups is 2. The lowest BCUT2D eigenvalue weighted by Gasteiger charge is -2.37. The van der Waals surface area contributed by atoms with Crippen molar-refractivity contribution in [3.8, 4) is 0 Å². The van der Waals surface area contributed by atoms with Crippen molar-refractivity contribution < 1.29 is 43.5 Å². The number of epoxide rings is 1. The third-order valence-corrected chi connectivity index (χ3v) is 12.2. The summed E-state index contributed by atoms with van der Waals surface area (Å²) in [6.45, 7) is 18.1. The minimum Gasteiger partial charge on any atom is -0.457 e. The SMILES string of the molecule is CCC(OC)C(C)C1OC1C(OC)C(C)/C=C/C=C(\C)C1OC(=O)CC(O)CCC(C)(O)C(OC(C)=O)/C=C/C1C.CN1CCN(C2CCCCCC2)CC1. The van der Waals surface area contributed by atoms with Crippen LogP contribution >= 0.6 is 0 Å². The molecule has 4 rings (SSSR count). The smallest absolute Gasteiger partial charge is 0.309 e. The monoisotopic (exact) mass is 777 g/mol. The van der Waals surface area contributed by atoms with Gasteiger partial charge in [0.25, 0.3) is 0 Å². The Hall–Kier alpha value is -2.12. The number of aliphatic hydroxyl groups excluding tert-OH is 1. The quantitative estimate of drug-likeness (QED) is 0.0767. The first-order chi connectivity index (χ1) is 26.1. The van der Waals surface area contributed by atoms with Gasteiger partial charge in [0, 0.05) is 71.1 Å². The molecule has 0 aromatic rings. The first kappa shape index (κ1) is 47.3. The summed E-state index contributed by atoms with van der Waals surface area (Å²) >= 11 is 0. The first-order valence-electron chi connectivity index (χ1n) is 21.1. The maximum atomic E-state index is 12.7. The number of ether oxygens (including phenoxy) is 5. The molecule has 2 saturated heterocycles. The van der Waals surface area contributed by atoms with E-state index in [-0.39, 0.29) is 61.4 Å². The molecular weight excluding hydrogens is 700 g/mol. The van der Waals surface area contributed by atoms with Crippen LogP contribution in [0.2, 0.25) is 0 Å². The minimum absolute atomic E-state index is 0.00449. The van der Waals surface area contributed by atoms with Crippen LogP contribution in [-0.4, -0.2) is 134 Å². The molecule has 11 nitrogen and oxygen atoms in total. The van der Waals surface area contributed by atoms with Gasteiger partial charge in [-0.1, -0.05) is 77.7 Å². The molecule has 0 radical (unpaired) electrons. The van der Waals surface area contributed by atoms with Crippen LogP contribution in [0.4, 0.5) is 0 Å². The van der Waals surface area contributed by atoms with Gasteiger partial charge in [-0.3, -0.25) is 14.5 Å². The zero-order valence-electron chi connectivity index (χ0n) is 35.8. The van der Waals surface area contributed by atoms with E-state index in [4.69, 9.17) is 23.7 Å². The number of allylic oxidation sites excluding steroid dienone is 2. The normalized spacial score (nSPS) is 33.7. The van der Waals surface area contributed by atoms with Crippen LogP contribution in [0.3, 0.4) is 0 Å². The summed E-state index contributed by atoms with van der Waals surface area (Å²) in [7, 11) is 5.67. The molecule has 2 N–H and O–H groups in total. The zero-order valence-corrected chi connectivity index (χ0v) is 35.8. The second-order valence-corrected chi connectivity index (χ2v) is 16.9. The molecule has 0 amide bonds. The Kier molecular flexibility index (Phi) is 20.0. The second kappa shape index (κ2) is 23.3. The summed E-state index contributed by atoms with van der Waals surface area (Å²) in [4.78, 5) is 29.6. The summed E-state index contributed by atoms with van der Waals surface area (Å²) in [5, 5.41) is 21.4. The average molecular weight is 777 g/mol. The van der Waals surface area contributed by atoms with Crippen LogP contribution in [0.1, 0.15) is 113 Å². The van der Waals surface area contributed by atoms with Crippen molar-refractivity contribution in [2.45, 2.75) is 167 Å². The van der Waals surface area contributed by atoms with E-state index in [2.05, 4.69) is 37.6 Å². The lowest BCUT2D eigenvalue weighted by Crippen LogP contribution is -2.48. The van der Waals surface area contributed by atoms with Crippen molar-refractivity contribution in [2.24, 2.45) is 17.8 Å². The Labute approximate surface area is 332 Å². The van der Waals surface area contributed by atoms with Crippen molar-refractivity contribution >= 4 is 11.9 Å². The molecular formula is C44H76N2O9. The highest BCUT2D eigenvalue weighted by Crippen LogP contribution is 2.38. The van der Waals surface area contributed by atoms with Crippen molar-refractivity contribution in [3.05, 3.63) is 36.0 Å². The first-order valence-corrected chi connectivity index (χ1v) is 21.1. The highest BCUT2D eigenvalue weighted by molar-refractivity contribution is 5.70. The Morgan fingerprint density at radius 3 is 2.25 bits per heavy atom. The maximum Gasteiger partial charge on any atom is 0.309 e. The average Bonchev–Trinajstić information content (AvgIpc) is 3.97. The summed E-state index contributed by atoms with van der Waals surface area (Å²) in [5.41, 5.74) is -0.609. The molecule has 55 heavy (non-hydrogen) atoms. The van der Waals surface area contributed by atoms with E-state index >= 15 is 0 Å². The van der Waals surface area contributed by atoms with E-state index in [0.717, 1.165) is 18.0 Å². The van der Waals surface area contributed by atoms with Crippen molar-refractivity contribution in [1.82, 2.24) is 9.80 Å². The third kappa shape index (κ3) is 15.3. The highest BCUT2D eigenvalue weighted by Gasteiger charge is 2.51. The molecule has 0 aromatic carbocycles. The number of cyclic esters (lactones) is 1. The van der Waals surface area contributed by atoms with Gasteiger partial charge in [-0.2, -0.15) is 0 Å². The fourth-order valence-corrected chi connectivity index (χ4v) is 8.46. The van der Waals surface area contributed by atoms with E-state index in [1.807, 2.05) is 32.1 Å². The van der Waals surface area contributed by atoms with Crippen LogP contribution < -0.4 is 0 Å². The Balaban J connectivity index is 0.000000480. The molecule has 0 aromatic heterocycles. The standard InChI is InChI=1S/C32H52O9.C12H24N2/c1-10-25(37-8)22(5)30-31(41-30)29(38-9)20(3)13-11-12-19(2)28-21(4)14-15-26(39-23(6)33)32(7,36)17-16-24(34)18-27(35)40-28;1-13-8-10-14(11-9-13)12-6-4-2-3-5-7-12/h11-15,20-22,24-26,28-31,34,36H,10,16-18H2,1-9H3;12H,2-11H2,1H3/b13-11+,15-14+,19-12+;. The number of piperazine rings is 1. The van der Waals surface area contributed by atoms with Gasteiger partial charge >= 0.3 is 11.9 Å². The maximum absolute atomic E-state index is 12.7. The molecule has 3 aliphatic heterocycles. The van der Waals surface area contributed by atoms with Gasteiger partial charge < -0.3 is 38.8 Å². The Morgan fingerprint density at radius 2 is 1.67 bits per heavy atom. The molecule has 3 fully saturated rings. The Morgan fingerprint density at radius 1 is 1.02 bits per heavy atom. The number of aliphatic hydroxyl groups is 2. The van der Waals surface area contributed by atoms with Gasteiger partial charge in [-0.25, -0.2) is 0 Å². The van der Waals surface area contributed by atoms with E-state index in [1.165, 1.54) is 71.6 Å².